The Hall–Kier alpha value is -2.82. The topological polar surface area (TPSA) is 616 Å². The number of hydrogen-bond donors (Lipinski definition) is 0. The summed E-state index contributed by atoms with van der Waals surface area (Å²) in [4.78, 5) is 41.1. The van der Waals surface area contributed by atoms with Crippen LogP contribution < -0.4 is 0 Å². The van der Waals surface area contributed by atoms with Crippen molar-refractivity contribution in [1.29, 1.82) is 0 Å². The van der Waals surface area contributed by atoms with Gasteiger partial charge in [0.15, 0.2) is 61.6 Å². The van der Waals surface area contributed by atoms with Crippen molar-refractivity contribution < 1.29 is 243 Å². The largest absolute Gasteiger partial charge is 0.467 e. The van der Waals surface area contributed by atoms with Gasteiger partial charge in [0, 0.05) is 80.4 Å². The zero-order chi connectivity index (χ0) is 96.8. The molecular weight excluding hydrogens is 1920 g/mol. The van der Waals surface area contributed by atoms with E-state index in [1.807, 2.05) is 11.8 Å². The number of carbonyl (C=O) groups is 3. The lowest BCUT2D eigenvalue weighted by Gasteiger charge is -2.51. The smallest absolute Gasteiger partial charge is 0.400 e. The number of rotatable bonds is 67. The highest BCUT2D eigenvalue weighted by Crippen LogP contribution is 2.42. The van der Waals surface area contributed by atoms with Crippen LogP contribution in [0.4, 0.5) is 0 Å². The van der Waals surface area contributed by atoms with Gasteiger partial charge in [0.2, 0.25) is 0 Å². The van der Waals surface area contributed by atoms with Crippen molar-refractivity contribution >= 4 is 91.9 Å². The van der Waals surface area contributed by atoms with Crippen molar-refractivity contribution in [2.24, 2.45) is 0 Å². The van der Waals surface area contributed by atoms with E-state index in [0.717, 1.165) is 84.0 Å². The Morgan fingerprint density at radius 1 is 0.292 bits per heavy atom. The van der Waals surface area contributed by atoms with Crippen molar-refractivity contribution in [1.82, 2.24) is 0 Å². The van der Waals surface area contributed by atoms with Gasteiger partial charge in [-0.25, -0.2) is 34.7 Å². The van der Waals surface area contributed by atoms with Gasteiger partial charge in [-0.3, -0.25) is 29.9 Å². The van der Waals surface area contributed by atoms with Gasteiger partial charge < -0.3 is 128 Å². The summed E-state index contributed by atoms with van der Waals surface area (Å²) < 4.78 is 376. The van der Waals surface area contributed by atoms with Crippen LogP contribution in [0.15, 0.2) is 0 Å². The van der Waals surface area contributed by atoms with Gasteiger partial charge in [0.25, 0.3) is 0 Å². The minimum absolute atomic E-state index is 0.0607. The summed E-state index contributed by atoms with van der Waals surface area (Å²) in [6.45, 7) is 6.53. The molecule has 0 unspecified atom stereocenters. The molecule has 54 nitrogen and oxygen atoms in total. The highest BCUT2D eigenvalue weighted by molar-refractivity contribution is 8.00. The van der Waals surface area contributed by atoms with Gasteiger partial charge in [0.1, 0.15) is 104 Å². The van der Waals surface area contributed by atoms with Gasteiger partial charge in [-0.05, 0) is 6.42 Å². The molecule has 0 radical (unpaired) electrons. The van der Waals surface area contributed by atoms with Crippen LogP contribution >= 0.6 is 11.8 Å². The first-order chi connectivity index (χ1) is 61.6. The molecule has 5 aliphatic heterocycles. The van der Waals surface area contributed by atoms with E-state index >= 15 is 0 Å². The molecule has 766 valence electrons. The fraction of sp³-hybridized carbons (Fsp3) is 0.957. The molecule has 0 aliphatic carbocycles. The molecule has 130 heavy (non-hydrogen) atoms. The first-order valence-corrected chi connectivity index (χ1v) is 48.5. The first-order valence-electron chi connectivity index (χ1n) is 39.5. The summed E-state index contributed by atoms with van der Waals surface area (Å²) in [5, 5.41) is 0. The zero-order valence-electron chi connectivity index (χ0n) is 75.2. The molecule has 5 aliphatic rings. The van der Waals surface area contributed by atoms with Crippen molar-refractivity contribution in [3.05, 3.63) is 0 Å². The molecule has 5 fully saturated rings. The van der Waals surface area contributed by atoms with E-state index in [9.17, 15) is 64.9 Å². The van der Waals surface area contributed by atoms with Crippen molar-refractivity contribution in [3.63, 3.8) is 0 Å². The predicted molar refractivity (Wildman–Crippen MR) is 429 cm³/mol. The Kier molecular flexibility index (Phi) is 52.8. The first kappa shape index (κ1) is 118. The van der Waals surface area contributed by atoms with Crippen LogP contribution in [0.3, 0.4) is 0 Å². The van der Waals surface area contributed by atoms with Crippen LogP contribution in [0.1, 0.15) is 33.6 Å². The Morgan fingerprint density at radius 3 is 0.946 bits per heavy atom. The Labute approximate surface area is 761 Å². The third-order valence-electron chi connectivity index (χ3n) is 19.1. The van der Waals surface area contributed by atoms with E-state index in [1.54, 1.807) is 0 Å². The van der Waals surface area contributed by atoms with Crippen molar-refractivity contribution in [2.75, 3.05) is 238 Å². The molecule has 0 bridgehead atoms. The molecule has 5 heterocycles. The summed E-state index contributed by atoms with van der Waals surface area (Å²) >= 11 is 1.83. The average Bonchev–Trinajstić information content (AvgIpc) is 0.750. The minimum Gasteiger partial charge on any atom is -0.467 e. The Balaban J connectivity index is 1.38. The summed E-state index contributed by atoms with van der Waals surface area (Å²) in [6.07, 6.45) is -49.4. The second kappa shape index (κ2) is 58.3. The van der Waals surface area contributed by atoms with Gasteiger partial charge in [-0.1, -0.05) is 20.8 Å². The molecule has 0 aromatic rings. The summed E-state index contributed by atoms with van der Waals surface area (Å²) in [5.41, 5.74) is 0. The summed E-state index contributed by atoms with van der Waals surface area (Å²) in [5.74, 6) is -1.95. The fourth-order valence-electron chi connectivity index (χ4n) is 13.1. The number of methoxy groups -OCH3 is 10. The Morgan fingerprint density at radius 2 is 0.585 bits per heavy atom. The third-order valence-corrected chi connectivity index (χ3v) is 25.5. The molecule has 0 amide bonds. The second-order valence-corrected chi connectivity index (χ2v) is 38.3. The third kappa shape index (κ3) is 37.7. The lowest BCUT2D eigenvalue weighted by Crippen LogP contribution is -2.70. The lowest BCUT2D eigenvalue weighted by molar-refractivity contribution is -0.389. The lowest BCUT2D eigenvalue weighted by atomic mass is 9.94. The van der Waals surface area contributed by atoms with Crippen molar-refractivity contribution in [3.8, 4) is 0 Å². The molecule has 0 saturated carbocycles. The van der Waals surface area contributed by atoms with Gasteiger partial charge in [0.05, 0.1) is 163 Å². The molecule has 5 rings (SSSR count). The maximum Gasteiger partial charge on any atom is 0.400 e. The monoisotopic (exact) mass is 2040 g/mol. The van der Waals surface area contributed by atoms with Crippen LogP contribution in [0.5, 0.6) is 0 Å². The van der Waals surface area contributed by atoms with E-state index in [4.69, 9.17) is 153 Å². The average molecular weight is 2040 g/mol. The molecule has 0 spiro atoms. The number of carbonyl (C=O) groups excluding carboxylic acids is 3. The predicted octanol–water partition coefficient (Wildman–Crippen LogP) is -3.82. The maximum absolute atomic E-state index is 14.4. The van der Waals surface area contributed by atoms with Crippen LogP contribution in [-0.4, -0.2) is 465 Å². The maximum atomic E-state index is 14.4. The highest BCUT2D eigenvalue weighted by atomic mass is 32.3. The number of thioether (sulfide) groups is 1. The summed E-state index contributed by atoms with van der Waals surface area (Å²) in [6, 6.07) is 0. The second-order valence-electron chi connectivity index (χ2n) is 28.2. The fourth-order valence-corrected chi connectivity index (χ4v) is 16.8. The van der Waals surface area contributed by atoms with E-state index in [1.165, 1.54) is 14.2 Å². The quantitative estimate of drug-likeness (QED) is 0.0416. The minimum atomic E-state index is -5.58. The molecular formula is C69H124O54S7. The van der Waals surface area contributed by atoms with Gasteiger partial charge >= 0.3 is 74.3 Å². The number of ether oxygens (including phenoxy) is 27. The normalized spacial score (nSPS) is 30.5. The van der Waals surface area contributed by atoms with E-state index in [2.05, 4.69) is 45.9 Å². The number of ketones is 1. The Bertz CT molecular complexity index is 3970. The van der Waals surface area contributed by atoms with E-state index in [-0.39, 0.29) is 76.4 Å². The standard InChI is InChI=1S/C69H124O54S7/c1-69(2,3)124-36-35-106-30-29-103-25-26-104-31-32-107-37-41(70)21-20-22-101-23-24-102-27-28-105-33-34-108-45-42(38-109-125(73,74)95-14)113-65(57(89-8)48(45)85-4)117-52-50(87-6)59(91-10)67(120-55(52)62(71)92-11)116-47-44(40-111-127(77,78)97-16)114-68(61(123-130(83,84)100-19)54(47)121-128(79,80)98-17)118-53-51(88-7)58(90-9)66(119-56(53)63(72)93-12)115-46-43(39-110-126(75,76)96-15)112-64(94-13)60(49(46)86-5)122-129(81,82)99-18/h42-61,64-68H,20-40H2,1-19H3/t42-,43-,44-,45-,46-,47-,48+,49+,50+,51+,52+,53+,54+,55+,56-,57-,58-,59-,60-,61-,64+,65-,66-,67-,68-/m1/s1. The SMILES string of the molecule is COC(=O)[C@H]1O[C@@H](O[C@H]2[C@H](OS(=O)(=O)OC)[C@@H](OS(=O)(=O)OC)[C@@H](O[C@H]3[C@H](OC)[C@@H](OC)[C@H](O[C@H]4[C@H](OC)[C@@H](OS(=O)(=O)OC)[C@@H](OC)O[C@@H]4COS(=O)(=O)OC)O[C@H]3C(=O)OC)O[C@@H]2COS(=O)(=O)OC)[C@H](OC)[C@@H](OC)[C@@H]1O[C@H]1O[C@H](COS(=O)(=O)OC)[C@@H](OCCOCCOCCOCCCC(=O)COCCOCCOCCOCCSC(C)(C)C)[C@H](OC)[C@H]1OC. The molecule has 61 heteroatoms. The zero-order valence-corrected chi connectivity index (χ0v) is 80.9. The van der Waals surface area contributed by atoms with E-state index < -0.39 is 248 Å². The van der Waals surface area contributed by atoms with Crippen molar-refractivity contribution in [2.45, 2.75) is 192 Å². The molecule has 25 atom stereocenters. The molecule has 0 aromatic carbocycles. The van der Waals surface area contributed by atoms with Crippen LogP contribution in [0, 0.1) is 0 Å². The summed E-state index contributed by atoms with van der Waals surface area (Å²) in [7, 11) is -16.5. The van der Waals surface area contributed by atoms with Crippen LogP contribution in [0.25, 0.3) is 0 Å². The van der Waals surface area contributed by atoms with Gasteiger partial charge in [-0.2, -0.15) is 62.3 Å². The molecule has 0 N–H and O–H groups in total. The molecule has 5 saturated heterocycles. The number of Topliss-reactive ketones (excluding diaryl/α,β-unsaturated/α-hetero) is 1. The van der Waals surface area contributed by atoms with Crippen LogP contribution in [-0.2, 0) is 255 Å². The van der Waals surface area contributed by atoms with Crippen LogP contribution in [0.2, 0.25) is 0 Å². The molecule has 0 aromatic heterocycles. The van der Waals surface area contributed by atoms with Gasteiger partial charge in [-0.15, -0.1) is 0 Å². The number of hydrogen-bond acceptors (Lipinski definition) is 55. The highest BCUT2D eigenvalue weighted by Gasteiger charge is 2.63. The van der Waals surface area contributed by atoms with E-state index in [0.29, 0.717) is 67.4 Å². The number of esters is 2.